The summed E-state index contributed by atoms with van der Waals surface area (Å²) in [6.07, 6.45) is 1.70. The summed E-state index contributed by atoms with van der Waals surface area (Å²) in [5.74, 6) is 1.32. The van der Waals surface area contributed by atoms with Gasteiger partial charge >= 0.3 is 0 Å². The van der Waals surface area contributed by atoms with Crippen LogP contribution in [0.4, 0.5) is 4.39 Å². The van der Waals surface area contributed by atoms with Gasteiger partial charge in [-0.1, -0.05) is 0 Å². The number of halogens is 1. The number of aryl methyl sites for hydroxylation is 1. The molecule has 0 fully saturated rings. The highest BCUT2D eigenvalue weighted by atomic mass is 19.1. The van der Waals surface area contributed by atoms with E-state index in [1.54, 1.807) is 12.3 Å². The van der Waals surface area contributed by atoms with Crippen molar-refractivity contribution < 1.29 is 13.2 Å². The number of hydrogen-bond donors (Lipinski definition) is 1. The van der Waals surface area contributed by atoms with Gasteiger partial charge in [0.2, 0.25) is 0 Å². The first-order valence-electron chi connectivity index (χ1n) is 6.08. The summed E-state index contributed by atoms with van der Waals surface area (Å²) in [5, 5.41) is 3.94. The normalized spacial score (nSPS) is 13.0. The number of nitrogens with one attached hydrogen (secondary N) is 1. The van der Waals surface area contributed by atoms with Gasteiger partial charge in [0.05, 0.1) is 12.3 Å². The second kappa shape index (κ2) is 4.55. The first-order valence-corrected chi connectivity index (χ1v) is 6.08. The van der Waals surface area contributed by atoms with Gasteiger partial charge in [-0.15, -0.1) is 0 Å². The van der Waals surface area contributed by atoms with Crippen molar-refractivity contribution in [2.75, 3.05) is 7.05 Å². The third-order valence-electron chi connectivity index (χ3n) is 3.15. The van der Waals surface area contributed by atoms with E-state index in [0.29, 0.717) is 5.58 Å². The van der Waals surface area contributed by atoms with Crippen LogP contribution in [0.15, 0.2) is 45.4 Å². The Morgan fingerprint density at radius 3 is 2.74 bits per heavy atom. The predicted octanol–water partition coefficient (Wildman–Crippen LogP) is 3.78. The fraction of sp³-hybridized carbons (Fsp3) is 0.200. The largest absolute Gasteiger partial charge is 0.469 e. The molecule has 0 amide bonds. The van der Waals surface area contributed by atoms with Gasteiger partial charge in [0.15, 0.2) is 0 Å². The van der Waals surface area contributed by atoms with Gasteiger partial charge in [-0.25, -0.2) is 4.39 Å². The number of rotatable bonds is 3. The Balaban J connectivity index is 2.06. The van der Waals surface area contributed by atoms with Gasteiger partial charge in [-0.05, 0) is 44.3 Å². The van der Waals surface area contributed by atoms with E-state index in [1.807, 2.05) is 26.1 Å². The number of fused-ring (bicyclic) bond motifs is 1. The molecule has 0 aliphatic heterocycles. The summed E-state index contributed by atoms with van der Waals surface area (Å²) >= 11 is 0. The lowest BCUT2D eigenvalue weighted by Gasteiger charge is -2.10. The highest BCUT2D eigenvalue weighted by molar-refractivity contribution is 5.78. The molecule has 3 rings (SSSR count). The highest BCUT2D eigenvalue weighted by Crippen LogP contribution is 2.29. The van der Waals surface area contributed by atoms with Crippen molar-refractivity contribution in [3.05, 3.63) is 59.5 Å². The van der Waals surface area contributed by atoms with E-state index in [1.165, 1.54) is 12.1 Å². The Labute approximate surface area is 110 Å². The molecule has 2 aromatic heterocycles. The lowest BCUT2D eigenvalue weighted by atomic mass is 10.1. The average Bonchev–Trinajstić information content (AvgIpc) is 2.96. The molecule has 0 aliphatic carbocycles. The topological polar surface area (TPSA) is 38.3 Å². The lowest BCUT2D eigenvalue weighted by Crippen LogP contribution is -2.16. The zero-order valence-corrected chi connectivity index (χ0v) is 10.7. The minimum atomic E-state index is -0.264. The van der Waals surface area contributed by atoms with Crippen LogP contribution in [0.2, 0.25) is 0 Å². The standard InChI is InChI=1S/C15H14FNO2/c1-9-5-11(8-18-9)15(17-2)14-7-10-6-12(16)3-4-13(10)19-14/h3-8,15,17H,1-2H3. The summed E-state index contributed by atoms with van der Waals surface area (Å²) in [7, 11) is 1.85. The maximum atomic E-state index is 13.2. The average molecular weight is 259 g/mol. The molecule has 0 aliphatic rings. The molecule has 1 aromatic carbocycles. The molecular weight excluding hydrogens is 245 g/mol. The van der Waals surface area contributed by atoms with E-state index >= 15 is 0 Å². The molecule has 3 nitrogen and oxygen atoms in total. The molecule has 4 heteroatoms. The Hall–Kier alpha value is -2.07. The molecule has 1 N–H and O–H groups in total. The second-order valence-corrected chi connectivity index (χ2v) is 4.54. The zero-order chi connectivity index (χ0) is 13.4. The summed E-state index contributed by atoms with van der Waals surface area (Å²) in [5.41, 5.74) is 1.66. The van der Waals surface area contributed by atoms with E-state index < -0.39 is 0 Å². The molecule has 0 saturated carbocycles. The molecule has 1 atom stereocenters. The van der Waals surface area contributed by atoms with E-state index in [0.717, 1.165) is 22.5 Å². The molecule has 0 saturated heterocycles. The number of hydrogen-bond acceptors (Lipinski definition) is 3. The van der Waals surface area contributed by atoms with Crippen LogP contribution in [-0.2, 0) is 0 Å². The van der Waals surface area contributed by atoms with Crippen molar-refractivity contribution in [3.8, 4) is 0 Å². The first kappa shape index (κ1) is 12.0. The van der Waals surface area contributed by atoms with Gasteiger partial charge in [-0.2, -0.15) is 0 Å². The SMILES string of the molecule is CNC(c1coc(C)c1)c1cc2cc(F)ccc2o1. The first-order chi connectivity index (χ1) is 9.17. The van der Waals surface area contributed by atoms with Crippen LogP contribution in [0.1, 0.15) is 23.1 Å². The van der Waals surface area contributed by atoms with Gasteiger partial charge < -0.3 is 14.2 Å². The Bertz CT molecular complexity index is 714. The van der Waals surface area contributed by atoms with E-state index in [-0.39, 0.29) is 11.9 Å². The Morgan fingerprint density at radius 1 is 1.21 bits per heavy atom. The monoisotopic (exact) mass is 259 g/mol. The van der Waals surface area contributed by atoms with Crippen molar-refractivity contribution in [2.45, 2.75) is 13.0 Å². The molecule has 0 bridgehead atoms. The summed E-state index contributed by atoms with van der Waals surface area (Å²) in [6, 6.07) is 8.20. The van der Waals surface area contributed by atoms with Crippen molar-refractivity contribution in [1.29, 1.82) is 0 Å². The minimum Gasteiger partial charge on any atom is -0.469 e. The van der Waals surface area contributed by atoms with Crippen LogP contribution in [0.5, 0.6) is 0 Å². The zero-order valence-electron chi connectivity index (χ0n) is 10.7. The molecule has 98 valence electrons. The number of benzene rings is 1. The van der Waals surface area contributed by atoms with E-state index in [4.69, 9.17) is 8.83 Å². The molecular formula is C15H14FNO2. The van der Waals surface area contributed by atoms with Crippen molar-refractivity contribution in [3.63, 3.8) is 0 Å². The molecule has 0 spiro atoms. The predicted molar refractivity (Wildman–Crippen MR) is 70.5 cm³/mol. The highest BCUT2D eigenvalue weighted by Gasteiger charge is 2.18. The number of furan rings is 2. The maximum absolute atomic E-state index is 13.2. The van der Waals surface area contributed by atoms with Crippen LogP contribution >= 0.6 is 0 Å². The molecule has 2 heterocycles. The Morgan fingerprint density at radius 2 is 2.05 bits per heavy atom. The summed E-state index contributed by atoms with van der Waals surface area (Å²) in [4.78, 5) is 0. The van der Waals surface area contributed by atoms with Crippen LogP contribution in [0.25, 0.3) is 11.0 Å². The van der Waals surface area contributed by atoms with Gasteiger partial charge in [0.1, 0.15) is 22.9 Å². The van der Waals surface area contributed by atoms with Gasteiger partial charge in [0.25, 0.3) is 0 Å². The van der Waals surface area contributed by atoms with Crippen molar-refractivity contribution >= 4 is 11.0 Å². The second-order valence-electron chi connectivity index (χ2n) is 4.54. The maximum Gasteiger partial charge on any atom is 0.134 e. The van der Waals surface area contributed by atoms with Crippen LogP contribution < -0.4 is 5.32 Å². The third kappa shape index (κ3) is 2.15. The Kier molecular flexibility index (Phi) is 2.87. The smallest absolute Gasteiger partial charge is 0.134 e. The lowest BCUT2D eigenvalue weighted by molar-refractivity contribution is 0.483. The van der Waals surface area contributed by atoms with Crippen LogP contribution in [0, 0.1) is 12.7 Å². The molecule has 1 unspecified atom stereocenters. The molecule has 0 radical (unpaired) electrons. The summed E-state index contributed by atoms with van der Waals surface area (Å²) in [6.45, 7) is 1.89. The third-order valence-corrected chi connectivity index (χ3v) is 3.15. The quantitative estimate of drug-likeness (QED) is 0.777. The van der Waals surface area contributed by atoms with Gasteiger partial charge in [0, 0.05) is 10.9 Å². The molecule has 19 heavy (non-hydrogen) atoms. The minimum absolute atomic E-state index is 0.104. The summed E-state index contributed by atoms with van der Waals surface area (Å²) < 4.78 is 24.3. The van der Waals surface area contributed by atoms with Gasteiger partial charge in [-0.3, -0.25) is 0 Å². The van der Waals surface area contributed by atoms with Crippen molar-refractivity contribution in [2.24, 2.45) is 0 Å². The fourth-order valence-electron chi connectivity index (χ4n) is 2.27. The van der Waals surface area contributed by atoms with E-state index in [2.05, 4.69) is 5.32 Å². The van der Waals surface area contributed by atoms with Crippen molar-refractivity contribution in [1.82, 2.24) is 5.32 Å². The van der Waals surface area contributed by atoms with E-state index in [9.17, 15) is 4.39 Å². The molecule has 3 aromatic rings. The fourth-order valence-corrected chi connectivity index (χ4v) is 2.27. The van der Waals surface area contributed by atoms with Crippen LogP contribution in [0.3, 0.4) is 0 Å². The van der Waals surface area contributed by atoms with Crippen LogP contribution in [-0.4, -0.2) is 7.05 Å².